The Morgan fingerprint density at radius 2 is 1.74 bits per heavy atom. The number of amides is 1. The van der Waals surface area contributed by atoms with E-state index >= 15 is 0 Å². The van der Waals surface area contributed by atoms with Crippen molar-refractivity contribution in [2.75, 3.05) is 0 Å². The first-order chi connectivity index (χ1) is 11.3. The zero-order valence-electron chi connectivity index (χ0n) is 13.0. The van der Waals surface area contributed by atoms with Gasteiger partial charge < -0.3 is 5.32 Å². The minimum Gasteiger partial charge on any atom is -0.340 e. The van der Waals surface area contributed by atoms with Gasteiger partial charge in [-0.2, -0.15) is 0 Å². The van der Waals surface area contributed by atoms with Crippen LogP contribution in [-0.2, 0) is 6.42 Å². The van der Waals surface area contributed by atoms with Crippen LogP contribution in [0.3, 0.4) is 0 Å². The average Bonchev–Trinajstić information content (AvgIpc) is 3.15. The van der Waals surface area contributed by atoms with E-state index in [1.165, 1.54) is 5.56 Å². The number of nitrogens with one attached hydrogen (secondary N) is 1. The molecule has 0 aliphatic rings. The number of carbonyl (C=O) groups is 1. The van der Waals surface area contributed by atoms with E-state index in [1.807, 2.05) is 41.8 Å². The molecule has 1 unspecified atom stereocenters. The summed E-state index contributed by atoms with van der Waals surface area (Å²) in [5, 5.41) is 5.20. The SMILES string of the molecule is CCc1ccc(C(NC(=O)c2ccccc2)c2cccs2)cc1. The molecule has 23 heavy (non-hydrogen) atoms. The Balaban J connectivity index is 1.88. The van der Waals surface area contributed by atoms with Crippen LogP contribution in [-0.4, -0.2) is 5.91 Å². The van der Waals surface area contributed by atoms with Gasteiger partial charge in [0.05, 0.1) is 6.04 Å². The highest BCUT2D eigenvalue weighted by molar-refractivity contribution is 7.10. The van der Waals surface area contributed by atoms with Crippen molar-refractivity contribution in [3.63, 3.8) is 0 Å². The summed E-state index contributed by atoms with van der Waals surface area (Å²) in [5.74, 6) is -0.0523. The van der Waals surface area contributed by atoms with Gasteiger partial charge in [-0.15, -0.1) is 11.3 Å². The molecule has 0 aliphatic carbocycles. The monoisotopic (exact) mass is 321 g/mol. The van der Waals surface area contributed by atoms with Crippen molar-refractivity contribution in [3.05, 3.63) is 93.7 Å². The lowest BCUT2D eigenvalue weighted by Crippen LogP contribution is -2.28. The number of rotatable bonds is 5. The molecular weight excluding hydrogens is 302 g/mol. The van der Waals surface area contributed by atoms with Crippen molar-refractivity contribution in [2.24, 2.45) is 0 Å². The molecule has 1 atom stereocenters. The van der Waals surface area contributed by atoms with E-state index in [0.29, 0.717) is 5.56 Å². The Morgan fingerprint density at radius 3 is 2.35 bits per heavy atom. The third kappa shape index (κ3) is 3.69. The van der Waals surface area contributed by atoms with Crippen molar-refractivity contribution in [1.82, 2.24) is 5.32 Å². The minimum absolute atomic E-state index is 0.0523. The van der Waals surface area contributed by atoms with E-state index in [2.05, 4.69) is 42.6 Å². The summed E-state index contributed by atoms with van der Waals surface area (Å²) >= 11 is 1.66. The lowest BCUT2D eigenvalue weighted by molar-refractivity contribution is 0.0943. The maximum Gasteiger partial charge on any atom is 0.252 e. The second-order valence-corrected chi connectivity index (χ2v) is 6.36. The summed E-state index contributed by atoms with van der Waals surface area (Å²) in [4.78, 5) is 13.7. The lowest BCUT2D eigenvalue weighted by Gasteiger charge is -2.18. The summed E-state index contributed by atoms with van der Waals surface area (Å²) in [6.07, 6.45) is 1.01. The number of hydrogen-bond acceptors (Lipinski definition) is 2. The van der Waals surface area contributed by atoms with Gasteiger partial charge in [0.25, 0.3) is 5.91 Å². The van der Waals surface area contributed by atoms with Gasteiger partial charge in [0.2, 0.25) is 0 Å². The van der Waals surface area contributed by atoms with Gasteiger partial charge in [0.15, 0.2) is 0 Å². The van der Waals surface area contributed by atoms with Gasteiger partial charge in [0, 0.05) is 10.4 Å². The second-order valence-electron chi connectivity index (χ2n) is 5.38. The van der Waals surface area contributed by atoms with Crippen LogP contribution >= 0.6 is 11.3 Å². The van der Waals surface area contributed by atoms with Gasteiger partial charge in [-0.05, 0) is 41.1 Å². The molecule has 0 spiro atoms. The fraction of sp³-hybridized carbons (Fsp3) is 0.150. The fourth-order valence-electron chi connectivity index (χ4n) is 2.52. The molecule has 1 amide bonds. The summed E-state index contributed by atoms with van der Waals surface area (Å²) in [5.41, 5.74) is 3.08. The number of carbonyl (C=O) groups excluding carboxylic acids is 1. The van der Waals surface area contributed by atoms with Gasteiger partial charge >= 0.3 is 0 Å². The predicted molar refractivity (Wildman–Crippen MR) is 95.9 cm³/mol. The summed E-state index contributed by atoms with van der Waals surface area (Å²) < 4.78 is 0. The van der Waals surface area contributed by atoms with Crippen LogP contribution in [0.2, 0.25) is 0 Å². The lowest BCUT2D eigenvalue weighted by atomic mass is 10.0. The molecule has 2 nitrogen and oxygen atoms in total. The number of hydrogen-bond donors (Lipinski definition) is 1. The Morgan fingerprint density at radius 1 is 1.00 bits per heavy atom. The Bertz CT molecular complexity index is 748. The Hall–Kier alpha value is -2.39. The van der Waals surface area contributed by atoms with E-state index in [0.717, 1.165) is 16.9 Å². The second kappa shape index (κ2) is 7.25. The Kier molecular flexibility index (Phi) is 4.89. The highest BCUT2D eigenvalue weighted by Gasteiger charge is 2.18. The zero-order chi connectivity index (χ0) is 16.1. The molecule has 3 aromatic rings. The molecule has 3 rings (SSSR count). The molecule has 0 radical (unpaired) electrons. The third-order valence-electron chi connectivity index (χ3n) is 3.86. The first kappa shape index (κ1) is 15.5. The molecule has 1 N–H and O–H groups in total. The van der Waals surface area contributed by atoms with Gasteiger partial charge in [0.1, 0.15) is 0 Å². The van der Waals surface area contributed by atoms with Crippen LogP contribution in [0.25, 0.3) is 0 Å². The highest BCUT2D eigenvalue weighted by atomic mass is 32.1. The van der Waals surface area contributed by atoms with Gasteiger partial charge in [-0.3, -0.25) is 4.79 Å². The van der Waals surface area contributed by atoms with Crippen molar-refractivity contribution in [2.45, 2.75) is 19.4 Å². The molecular formula is C20H19NOS. The topological polar surface area (TPSA) is 29.1 Å². The molecule has 2 aromatic carbocycles. The van der Waals surface area contributed by atoms with Crippen molar-refractivity contribution in [1.29, 1.82) is 0 Å². The Labute approximate surface area is 140 Å². The smallest absolute Gasteiger partial charge is 0.252 e. The van der Waals surface area contributed by atoms with Crippen molar-refractivity contribution < 1.29 is 4.79 Å². The van der Waals surface area contributed by atoms with E-state index < -0.39 is 0 Å². The zero-order valence-corrected chi connectivity index (χ0v) is 13.8. The number of benzene rings is 2. The van der Waals surface area contributed by atoms with Crippen LogP contribution in [0, 0.1) is 0 Å². The standard InChI is InChI=1S/C20H19NOS/c1-2-15-10-12-16(13-11-15)19(18-9-6-14-23-18)21-20(22)17-7-4-3-5-8-17/h3-14,19H,2H2,1H3,(H,21,22). The van der Waals surface area contributed by atoms with E-state index in [1.54, 1.807) is 11.3 Å². The average molecular weight is 321 g/mol. The van der Waals surface area contributed by atoms with Gasteiger partial charge in [-0.25, -0.2) is 0 Å². The molecule has 0 bridgehead atoms. The molecule has 0 saturated carbocycles. The normalized spacial score (nSPS) is 11.9. The minimum atomic E-state index is -0.117. The molecule has 0 aliphatic heterocycles. The van der Waals surface area contributed by atoms with E-state index in [4.69, 9.17) is 0 Å². The van der Waals surface area contributed by atoms with Crippen LogP contribution in [0.15, 0.2) is 72.1 Å². The maximum absolute atomic E-state index is 12.5. The molecule has 116 valence electrons. The maximum atomic E-state index is 12.5. The van der Waals surface area contributed by atoms with Crippen LogP contribution in [0.4, 0.5) is 0 Å². The van der Waals surface area contributed by atoms with E-state index in [-0.39, 0.29) is 11.9 Å². The first-order valence-corrected chi connectivity index (χ1v) is 8.64. The number of aryl methyl sites for hydroxylation is 1. The van der Waals surface area contributed by atoms with Crippen LogP contribution < -0.4 is 5.32 Å². The van der Waals surface area contributed by atoms with E-state index in [9.17, 15) is 4.79 Å². The molecule has 3 heteroatoms. The number of thiophene rings is 1. The molecule has 1 aromatic heterocycles. The van der Waals surface area contributed by atoms with Crippen molar-refractivity contribution in [3.8, 4) is 0 Å². The van der Waals surface area contributed by atoms with Crippen LogP contribution in [0.1, 0.15) is 39.3 Å². The summed E-state index contributed by atoms with van der Waals surface area (Å²) in [6.45, 7) is 2.14. The first-order valence-electron chi connectivity index (χ1n) is 7.76. The van der Waals surface area contributed by atoms with Gasteiger partial charge in [-0.1, -0.05) is 55.5 Å². The predicted octanol–water partition coefficient (Wildman–Crippen LogP) is 4.83. The largest absolute Gasteiger partial charge is 0.340 e. The third-order valence-corrected chi connectivity index (χ3v) is 4.80. The summed E-state index contributed by atoms with van der Waals surface area (Å²) in [7, 11) is 0. The molecule has 1 heterocycles. The fourth-order valence-corrected chi connectivity index (χ4v) is 3.33. The van der Waals surface area contributed by atoms with Crippen LogP contribution in [0.5, 0.6) is 0 Å². The molecule has 0 fully saturated rings. The summed E-state index contributed by atoms with van der Waals surface area (Å²) in [6, 6.07) is 21.8. The van der Waals surface area contributed by atoms with Crippen molar-refractivity contribution >= 4 is 17.2 Å². The molecule has 0 saturated heterocycles. The highest BCUT2D eigenvalue weighted by Crippen LogP contribution is 2.26. The quantitative estimate of drug-likeness (QED) is 0.716.